The van der Waals surface area contributed by atoms with Gasteiger partial charge in [0.25, 0.3) is 0 Å². The van der Waals surface area contributed by atoms with E-state index in [0.717, 1.165) is 6.92 Å². The quantitative estimate of drug-likeness (QED) is 0.393. The standard InChI is InChI=1S/C10H17F2N3O4/c1-4-6(14-15-13)9(11)10(2,12)19-8(4)7(18)5(17)3-16/h4-9,16-18H,3H2,1-2H3/t4?,5-,6?,7-,8?,9?,10?/m1/s1. The molecule has 7 nitrogen and oxygen atoms in total. The fourth-order valence-electron chi connectivity index (χ4n) is 2.14. The van der Waals surface area contributed by atoms with Crippen molar-refractivity contribution < 1.29 is 28.8 Å². The van der Waals surface area contributed by atoms with Gasteiger partial charge in [0.1, 0.15) is 12.2 Å². The Bertz CT molecular complexity index is 365. The monoisotopic (exact) mass is 281 g/mol. The van der Waals surface area contributed by atoms with E-state index in [1.165, 1.54) is 6.92 Å². The maximum absolute atomic E-state index is 14.0. The maximum atomic E-state index is 14.0. The van der Waals surface area contributed by atoms with Gasteiger partial charge in [0.05, 0.1) is 18.8 Å². The Hall–Kier alpha value is -0.990. The van der Waals surface area contributed by atoms with Crippen LogP contribution in [0.3, 0.4) is 0 Å². The van der Waals surface area contributed by atoms with E-state index in [-0.39, 0.29) is 0 Å². The molecule has 5 unspecified atom stereocenters. The molecule has 3 N–H and O–H groups in total. The van der Waals surface area contributed by atoms with Crippen LogP contribution >= 0.6 is 0 Å². The number of alkyl halides is 2. The number of aliphatic hydroxyl groups excluding tert-OH is 3. The van der Waals surface area contributed by atoms with Crippen molar-refractivity contribution in [1.82, 2.24) is 0 Å². The molecule has 1 aliphatic heterocycles. The largest absolute Gasteiger partial charge is 0.394 e. The molecule has 1 aliphatic rings. The Morgan fingerprint density at radius 2 is 2.11 bits per heavy atom. The van der Waals surface area contributed by atoms with Crippen molar-refractivity contribution in [1.29, 1.82) is 0 Å². The predicted octanol–water partition coefficient (Wildman–Crippen LogP) is 0.438. The molecule has 7 atom stereocenters. The van der Waals surface area contributed by atoms with Gasteiger partial charge >= 0.3 is 0 Å². The smallest absolute Gasteiger partial charge is 0.238 e. The summed E-state index contributed by atoms with van der Waals surface area (Å²) in [5.74, 6) is -3.63. The lowest BCUT2D eigenvalue weighted by Gasteiger charge is -2.45. The number of hydrogen-bond acceptors (Lipinski definition) is 5. The van der Waals surface area contributed by atoms with E-state index in [0.29, 0.717) is 0 Å². The second kappa shape index (κ2) is 5.98. The number of halogens is 2. The zero-order chi connectivity index (χ0) is 14.8. The van der Waals surface area contributed by atoms with Gasteiger partial charge in [-0.1, -0.05) is 12.0 Å². The highest BCUT2D eigenvalue weighted by molar-refractivity contribution is 5.00. The molecule has 1 fully saturated rings. The molecule has 0 aromatic carbocycles. The van der Waals surface area contributed by atoms with Gasteiger partial charge in [0.2, 0.25) is 5.85 Å². The van der Waals surface area contributed by atoms with Gasteiger partial charge in [0.15, 0.2) is 6.17 Å². The molecule has 1 saturated heterocycles. The highest BCUT2D eigenvalue weighted by atomic mass is 19.2. The van der Waals surface area contributed by atoms with Gasteiger partial charge in [-0.15, -0.1) is 0 Å². The first-order valence-corrected chi connectivity index (χ1v) is 5.78. The molecule has 0 saturated carbocycles. The number of hydrogen-bond donors (Lipinski definition) is 3. The minimum atomic E-state index is -2.76. The van der Waals surface area contributed by atoms with Crippen molar-refractivity contribution in [3.63, 3.8) is 0 Å². The average Bonchev–Trinajstić information content (AvgIpc) is 2.37. The van der Waals surface area contributed by atoms with E-state index in [1.54, 1.807) is 0 Å². The van der Waals surface area contributed by atoms with Gasteiger partial charge in [-0.3, -0.25) is 0 Å². The average molecular weight is 281 g/mol. The third-order valence-electron chi connectivity index (χ3n) is 3.32. The molecule has 0 aromatic rings. The number of aliphatic hydroxyl groups is 3. The number of ether oxygens (including phenoxy) is 1. The van der Waals surface area contributed by atoms with Crippen molar-refractivity contribution >= 4 is 0 Å². The number of rotatable bonds is 4. The fourth-order valence-corrected chi connectivity index (χ4v) is 2.14. The van der Waals surface area contributed by atoms with Gasteiger partial charge in [-0.25, -0.2) is 8.78 Å². The third kappa shape index (κ3) is 3.13. The second-order valence-corrected chi connectivity index (χ2v) is 4.77. The van der Waals surface area contributed by atoms with Crippen molar-refractivity contribution in [3.05, 3.63) is 10.4 Å². The van der Waals surface area contributed by atoms with Crippen molar-refractivity contribution in [3.8, 4) is 0 Å². The highest BCUT2D eigenvalue weighted by Crippen LogP contribution is 2.39. The van der Waals surface area contributed by atoms with Crippen LogP contribution in [0, 0.1) is 5.92 Å². The summed E-state index contributed by atoms with van der Waals surface area (Å²) in [6, 6.07) is -1.38. The zero-order valence-electron chi connectivity index (χ0n) is 10.5. The predicted molar refractivity (Wildman–Crippen MR) is 60.5 cm³/mol. The molecule has 0 bridgehead atoms. The molecule has 1 rings (SSSR count). The molecule has 110 valence electrons. The molecule has 0 radical (unpaired) electrons. The molecular formula is C10H17F2N3O4. The van der Waals surface area contributed by atoms with Gasteiger partial charge in [0, 0.05) is 4.91 Å². The molecule has 9 heteroatoms. The summed E-state index contributed by atoms with van der Waals surface area (Å²) in [4.78, 5) is 2.45. The number of azide groups is 1. The van der Waals surface area contributed by atoms with Crippen LogP contribution in [-0.4, -0.2) is 58.3 Å². The first-order chi connectivity index (χ1) is 8.76. The first kappa shape index (κ1) is 16.1. The zero-order valence-corrected chi connectivity index (χ0v) is 10.5. The summed E-state index contributed by atoms with van der Waals surface area (Å²) < 4.78 is 32.6. The number of nitrogens with zero attached hydrogens (tertiary/aromatic N) is 3. The van der Waals surface area contributed by atoms with Crippen molar-refractivity contribution in [2.45, 2.75) is 50.2 Å². The van der Waals surface area contributed by atoms with E-state index in [4.69, 9.17) is 15.4 Å². The molecule has 0 aromatic heterocycles. The summed E-state index contributed by atoms with van der Waals surface area (Å²) in [5.41, 5.74) is 8.38. The van der Waals surface area contributed by atoms with E-state index in [1.807, 2.05) is 0 Å². The Balaban J connectivity index is 3.03. The lowest BCUT2D eigenvalue weighted by molar-refractivity contribution is -0.278. The summed E-state index contributed by atoms with van der Waals surface area (Å²) in [6.45, 7) is 1.45. The Morgan fingerprint density at radius 1 is 1.53 bits per heavy atom. The van der Waals surface area contributed by atoms with E-state index in [2.05, 4.69) is 10.0 Å². The summed E-state index contributed by atoms with van der Waals surface area (Å²) in [5, 5.41) is 31.1. The second-order valence-electron chi connectivity index (χ2n) is 4.77. The summed E-state index contributed by atoms with van der Waals surface area (Å²) >= 11 is 0. The summed E-state index contributed by atoms with van der Waals surface area (Å²) in [7, 11) is 0. The molecule has 1 heterocycles. The summed E-state index contributed by atoms with van der Waals surface area (Å²) in [6.07, 6.45) is -6.68. The molecule has 19 heavy (non-hydrogen) atoms. The van der Waals surface area contributed by atoms with Crippen LogP contribution < -0.4 is 0 Å². The minimum absolute atomic E-state index is 0.762. The van der Waals surface area contributed by atoms with E-state index < -0.39 is 48.9 Å². The van der Waals surface area contributed by atoms with Gasteiger partial charge < -0.3 is 20.1 Å². The van der Waals surface area contributed by atoms with Crippen LogP contribution in [-0.2, 0) is 4.74 Å². The lowest BCUT2D eigenvalue weighted by atomic mass is 9.83. The van der Waals surface area contributed by atoms with Crippen LogP contribution in [0.5, 0.6) is 0 Å². The van der Waals surface area contributed by atoms with Crippen molar-refractivity contribution in [2.24, 2.45) is 11.0 Å². The molecular weight excluding hydrogens is 264 g/mol. The highest BCUT2D eigenvalue weighted by Gasteiger charge is 2.54. The maximum Gasteiger partial charge on any atom is 0.238 e. The Labute approximate surface area is 108 Å². The van der Waals surface area contributed by atoms with Gasteiger partial charge in [-0.05, 0) is 18.4 Å². The van der Waals surface area contributed by atoms with Crippen LogP contribution in [0.25, 0.3) is 10.4 Å². The first-order valence-electron chi connectivity index (χ1n) is 5.78. The van der Waals surface area contributed by atoms with Crippen LogP contribution in [0.2, 0.25) is 0 Å². The minimum Gasteiger partial charge on any atom is -0.394 e. The fraction of sp³-hybridized carbons (Fsp3) is 1.00. The van der Waals surface area contributed by atoms with Crippen molar-refractivity contribution in [2.75, 3.05) is 6.61 Å². The normalized spacial score (nSPS) is 42.3. The molecule has 0 spiro atoms. The Morgan fingerprint density at radius 3 is 2.58 bits per heavy atom. The lowest BCUT2D eigenvalue weighted by Crippen LogP contribution is -2.60. The van der Waals surface area contributed by atoms with E-state index in [9.17, 15) is 19.0 Å². The molecule has 0 amide bonds. The van der Waals surface area contributed by atoms with Crippen LogP contribution in [0.1, 0.15) is 13.8 Å². The van der Waals surface area contributed by atoms with Crippen LogP contribution in [0.15, 0.2) is 5.11 Å². The SMILES string of the molecule is CC1C(N=[N+]=[N-])C(F)C(C)(F)OC1[C@H](O)[C@H](O)CO. The van der Waals surface area contributed by atoms with Gasteiger partial charge in [-0.2, -0.15) is 0 Å². The Kier molecular flexibility index (Phi) is 5.05. The topological polar surface area (TPSA) is 119 Å². The van der Waals surface area contributed by atoms with E-state index >= 15 is 0 Å². The van der Waals surface area contributed by atoms with Crippen LogP contribution in [0.4, 0.5) is 8.78 Å². The third-order valence-corrected chi connectivity index (χ3v) is 3.32. The molecule has 0 aliphatic carbocycles.